The zero-order valence-corrected chi connectivity index (χ0v) is 13.6. The molecule has 0 atom stereocenters. The van der Waals surface area contributed by atoms with E-state index < -0.39 is 0 Å². The molecule has 0 fully saturated rings. The molecule has 0 radical (unpaired) electrons. The first kappa shape index (κ1) is 14.6. The molecule has 0 saturated carbocycles. The SMILES string of the molecule is CC(C)(C)c1ccc(N(C2=CC=CC2)c2ccccc2)cc1. The average Bonchev–Trinajstić information content (AvgIpc) is 3.02. The van der Waals surface area contributed by atoms with E-state index in [4.69, 9.17) is 0 Å². The van der Waals surface area contributed by atoms with Gasteiger partial charge in [-0.05, 0) is 41.3 Å². The van der Waals surface area contributed by atoms with E-state index >= 15 is 0 Å². The maximum atomic E-state index is 2.34. The summed E-state index contributed by atoms with van der Waals surface area (Å²) in [6, 6.07) is 19.5. The van der Waals surface area contributed by atoms with Crippen molar-refractivity contribution in [3.05, 3.63) is 84.1 Å². The van der Waals surface area contributed by atoms with Crippen LogP contribution in [0.25, 0.3) is 0 Å². The van der Waals surface area contributed by atoms with E-state index in [0.29, 0.717) is 0 Å². The van der Waals surface area contributed by atoms with Gasteiger partial charge in [-0.1, -0.05) is 63.3 Å². The molecule has 2 aromatic carbocycles. The van der Waals surface area contributed by atoms with Gasteiger partial charge >= 0.3 is 0 Å². The largest absolute Gasteiger partial charge is 0.314 e. The Labute approximate surface area is 133 Å². The standard InChI is InChI=1S/C21H23N/c1-21(2,3)17-13-15-20(16-14-17)22(19-11-7-8-12-19)18-9-5-4-6-10-18/h4-11,13-16H,12H2,1-3H3. The molecule has 1 aliphatic rings. The van der Waals surface area contributed by atoms with Crippen LogP contribution in [0.4, 0.5) is 11.4 Å². The maximum Gasteiger partial charge on any atom is 0.0458 e. The average molecular weight is 289 g/mol. The van der Waals surface area contributed by atoms with Gasteiger partial charge in [0.1, 0.15) is 0 Å². The fourth-order valence-corrected chi connectivity index (χ4v) is 2.77. The van der Waals surface area contributed by atoms with Crippen LogP contribution in [0.1, 0.15) is 32.8 Å². The van der Waals surface area contributed by atoms with E-state index in [9.17, 15) is 0 Å². The third-order valence-electron chi connectivity index (χ3n) is 4.04. The molecule has 3 rings (SSSR count). The Balaban J connectivity index is 2.00. The van der Waals surface area contributed by atoms with Crippen LogP contribution in [0.3, 0.4) is 0 Å². The van der Waals surface area contributed by atoms with Gasteiger partial charge in [-0.15, -0.1) is 0 Å². The number of hydrogen-bond donors (Lipinski definition) is 0. The molecule has 0 heterocycles. The van der Waals surface area contributed by atoms with Crippen molar-refractivity contribution in [1.29, 1.82) is 0 Å². The van der Waals surface area contributed by atoms with E-state index in [1.807, 2.05) is 0 Å². The zero-order valence-electron chi connectivity index (χ0n) is 13.6. The highest BCUT2D eigenvalue weighted by molar-refractivity contribution is 5.69. The molecule has 1 nitrogen and oxygen atoms in total. The van der Waals surface area contributed by atoms with Crippen molar-refractivity contribution >= 4 is 11.4 Å². The van der Waals surface area contributed by atoms with Gasteiger partial charge in [-0.3, -0.25) is 0 Å². The van der Waals surface area contributed by atoms with Crippen LogP contribution < -0.4 is 4.90 Å². The molecule has 0 bridgehead atoms. The zero-order chi connectivity index (χ0) is 15.6. The molecule has 1 aliphatic carbocycles. The smallest absolute Gasteiger partial charge is 0.0458 e. The van der Waals surface area contributed by atoms with E-state index in [0.717, 1.165) is 6.42 Å². The first-order chi connectivity index (χ1) is 10.6. The Morgan fingerprint density at radius 1 is 0.818 bits per heavy atom. The molecule has 0 N–H and O–H groups in total. The Bertz CT molecular complexity index is 685. The van der Waals surface area contributed by atoms with E-state index in [1.165, 1.54) is 22.6 Å². The topological polar surface area (TPSA) is 3.24 Å². The van der Waals surface area contributed by atoms with Gasteiger partial charge in [0.25, 0.3) is 0 Å². The quantitative estimate of drug-likeness (QED) is 0.673. The summed E-state index contributed by atoms with van der Waals surface area (Å²) in [5.74, 6) is 0. The summed E-state index contributed by atoms with van der Waals surface area (Å²) in [4.78, 5) is 2.34. The summed E-state index contributed by atoms with van der Waals surface area (Å²) in [5, 5.41) is 0. The van der Waals surface area contributed by atoms with Gasteiger partial charge in [0.2, 0.25) is 0 Å². The van der Waals surface area contributed by atoms with Crippen LogP contribution in [0.2, 0.25) is 0 Å². The van der Waals surface area contributed by atoms with Crippen LogP contribution >= 0.6 is 0 Å². The highest BCUT2D eigenvalue weighted by Gasteiger charge is 2.17. The summed E-state index contributed by atoms with van der Waals surface area (Å²) in [6.45, 7) is 6.75. The molecule has 2 aromatic rings. The lowest BCUT2D eigenvalue weighted by Gasteiger charge is -2.27. The van der Waals surface area contributed by atoms with Gasteiger partial charge in [-0.25, -0.2) is 0 Å². The van der Waals surface area contributed by atoms with Crippen molar-refractivity contribution in [2.45, 2.75) is 32.6 Å². The summed E-state index contributed by atoms with van der Waals surface area (Å²) in [6.07, 6.45) is 7.52. The van der Waals surface area contributed by atoms with Crippen molar-refractivity contribution in [3.63, 3.8) is 0 Å². The van der Waals surface area contributed by atoms with Crippen molar-refractivity contribution < 1.29 is 0 Å². The van der Waals surface area contributed by atoms with Crippen LogP contribution in [-0.4, -0.2) is 0 Å². The molecule has 0 aliphatic heterocycles. The van der Waals surface area contributed by atoms with E-state index in [2.05, 4.69) is 98.5 Å². The third kappa shape index (κ3) is 2.99. The number of hydrogen-bond acceptors (Lipinski definition) is 1. The van der Waals surface area contributed by atoms with Crippen molar-refractivity contribution in [2.24, 2.45) is 0 Å². The van der Waals surface area contributed by atoms with E-state index in [-0.39, 0.29) is 5.41 Å². The predicted octanol–water partition coefficient (Wildman–Crippen LogP) is 5.97. The molecule has 0 aromatic heterocycles. The lowest BCUT2D eigenvalue weighted by atomic mass is 9.87. The number of rotatable bonds is 3. The summed E-state index contributed by atoms with van der Waals surface area (Å²) in [7, 11) is 0. The molecular formula is C21H23N. The molecule has 22 heavy (non-hydrogen) atoms. The second-order valence-corrected chi connectivity index (χ2v) is 6.76. The molecule has 0 spiro atoms. The Morgan fingerprint density at radius 3 is 2.00 bits per heavy atom. The number of nitrogens with zero attached hydrogens (tertiary/aromatic N) is 1. The van der Waals surface area contributed by atoms with Crippen LogP contribution in [0, 0.1) is 0 Å². The minimum Gasteiger partial charge on any atom is -0.314 e. The Hall–Kier alpha value is -2.28. The lowest BCUT2D eigenvalue weighted by Crippen LogP contribution is -2.16. The normalized spacial score (nSPS) is 14.0. The van der Waals surface area contributed by atoms with Crippen LogP contribution in [0.5, 0.6) is 0 Å². The number of allylic oxidation sites excluding steroid dienone is 3. The fourth-order valence-electron chi connectivity index (χ4n) is 2.77. The number of benzene rings is 2. The molecule has 0 saturated heterocycles. The summed E-state index contributed by atoms with van der Waals surface area (Å²) in [5.41, 5.74) is 5.29. The second-order valence-electron chi connectivity index (χ2n) is 6.76. The molecular weight excluding hydrogens is 266 g/mol. The highest BCUT2D eigenvalue weighted by Crippen LogP contribution is 2.34. The second kappa shape index (κ2) is 5.84. The first-order valence-corrected chi connectivity index (χ1v) is 7.87. The van der Waals surface area contributed by atoms with Gasteiger partial charge in [0, 0.05) is 23.5 Å². The van der Waals surface area contributed by atoms with E-state index in [1.54, 1.807) is 0 Å². The van der Waals surface area contributed by atoms with Crippen molar-refractivity contribution in [3.8, 4) is 0 Å². The highest BCUT2D eigenvalue weighted by atomic mass is 15.1. The van der Waals surface area contributed by atoms with Gasteiger partial charge in [-0.2, -0.15) is 0 Å². The third-order valence-corrected chi connectivity index (χ3v) is 4.04. The molecule has 112 valence electrons. The summed E-state index contributed by atoms with van der Waals surface area (Å²) < 4.78 is 0. The lowest BCUT2D eigenvalue weighted by molar-refractivity contribution is 0.590. The fraction of sp³-hybridized carbons (Fsp3) is 0.238. The molecule has 0 unspecified atom stereocenters. The number of para-hydroxylation sites is 1. The first-order valence-electron chi connectivity index (χ1n) is 7.87. The Kier molecular flexibility index (Phi) is 3.89. The maximum absolute atomic E-state index is 2.34. The number of anilines is 2. The molecule has 0 amide bonds. The van der Waals surface area contributed by atoms with Crippen LogP contribution in [-0.2, 0) is 5.41 Å². The predicted molar refractivity (Wildman–Crippen MR) is 95.6 cm³/mol. The van der Waals surface area contributed by atoms with Crippen LogP contribution in [0.15, 0.2) is 78.5 Å². The minimum atomic E-state index is 0.185. The minimum absolute atomic E-state index is 0.185. The van der Waals surface area contributed by atoms with Gasteiger partial charge < -0.3 is 4.90 Å². The van der Waals surface area contributed by atoms with Gasteiger partial charge in [0.15, 0.2) is 0 Å². The van der Waals surface area contributed by atoms with Gasteiger partial charge in [0.05, 0.1) is 0 Å². The Morgan fingerprint density at radius 2 is 1.45 bits per heavy atom. The molecule has 1 heteroatoms. The van der Waals surface area contributed by atoms with Crippen molar-refractivity contribution in [2.75, 3.05) is 4.90 Å². The summed E-state index contributed by atoms with van der Waals surface area (Å²) >= 11 is 0. The van der Waals surface area contributed by atoms with Crippen molar-refractivity contribution in [1.82, 2.24) is 0 Å². The monoisotopic (exact) mass is 289 g/mol.